The lowest BCUT2D eigenvalue weighted by molar-refractivity contribution is -0.120. The number of carbonyl (C=O) groups is 1. The van der Waals surface area contributed by atoms with E-state index in [0.29, 0.717) is 45.7 Å². The number of halogens is 1. The summed E-state index contributed by atoms with van der Waals surface area (Å²) >= 11 is 0. The highest BCUT2D eigenvalue weighted by atomic mass is 32.2. The second-order valence-corrected chi connectivity index (χ2v) is 7.34. The summed E-state index contributed by atoms with van der Waals surface area (Å²) in [6.45, 7) is 5.08. The molecule has 0 bridgehead atoms. The van der Waals surface area contributed by atoms with Gasteiger partial charge in [-0.1, -0.05) is 6.92 Å². The zero-order chi connectivity index (χ0) is 16.9. The molecular weight excluding hydrogens is 321 g/mol. The average molecular weight is 343 g/mol. The lowest BCUT2D eigenvalue weighted by atomic mass is 10.3. The standard InChI is InChI=1S/C15H22FN3O3S/c1-2-15(20)17-7-8-18-9-11-19(12-10-18)23(21,22)14-5-3-13(16)4-6-14/h3-6H,2,7-12H2,1H3,(H,17,20). The van der Waals surface area contributed by atoms with E-state index in [1.54, 1.807) is 6.92 Å². The maximum Gasteiger partial charge on any atom is 0.243 e. The van der Waals surface area contributed by atoms with Crippen LogP contribution in [0.1, 0.15) is 13.3 Å². The number of hydrogen-bond acceptors (Lipinski definition) is 4. The monoisotopic (exact) mass is 343 g/mol. The van der Waals surface area contributed by atoms with Gasteiger partial charge in [0.05, 0.1) is 4.90 Å². The Kier molecular flexibility index (Phi) is 6.09. The Morgan fingerprint density at radius 2 is 1.78 bits per heavy atom. The lowest BCUT2D eigenvalue weighted by Gasteiger charge is -2.33. The molecule has 1 aromatic carbocycles. The predicted molar refractivity (Wildman–Crippen MR) is 84.9 cm³/mol. The van der Waals surface area contributed by atoms with Crippen LogP contribution >= 0.6 is 0 Å². The summed E-state index contributed by atoms with van der Waals surface area (Å²) in [5.74, 6) is -0.439. The smallest absolute Gasteiger partial charge is 0.243 e. The zero-order valence-electron chi connectivity index (χ0n) is 13.2. The lowest BCUT2D eigenvalue weighted by Crippen LogP contribution is -2.50. The Morgan fingerprint density at radius 1 is 1.17 bits per heavy atom. The van der Waals surface area contributed by atoms with Crippen LogP contribution in [0.15, 0.2) is 29.2 Å². The minimum Gasteiger partial charge on any atom is -0.355 e. The van der Waals surface area contributed by atoms with Crippen LogP contribution in [0.3, 0.4) is 0 Å². The van der Waals surface area contributed by atoms with E-state index in [0.717, 1.165) is 12.1 Å². The van der Waals surface area contributed by atoms with Gasteiger partial charge in [0.1, 0.15) is 5.82 Å². The van der Waals surface area contributed by atoms with Crippen molar-refractivity contribution in [3.63, 3.8) is 0 Å². The molecule has 0 aliphatic carbocycles. The van der Waals surface area contributed by atoms with Crippen LogP contribution < -0.4 is 5.32 Å². The van der Waals surface area contributed by atoms with Gasteiger partial charge in [0, 0.05) is 45.7 Å². The molecule has 23 heavy (non-hydrogen) atoms. The molecule has 0 radical (unpaired) electrons. The summed E-state index contributed by atoms with van der Waals surface area (Å²) in [6.07, 6.45) is 0.462. The quantitative estimate of drug-likeness (QED) is 0.824. The van der Waals surface area contributed by atoms with Crippen LogP contribution in [0.5, 0.6) is 0 Å². The maximum absolute atomic E-state index is 12.9. The number of rotatable bonds is 6. The number of nitrogens with zero attached hydrogens (tertiary/aromatic N) is 2. The summed E-state index contributed by atoms with van der Waals surface area (Å²) in [6, 6.07) is 4.88. The largest absolute Gasteiger partial charge is 0.355 e. The Hall–Kier alpha value is -1.51. The highest BCUT2D eigenvalue weighted by molar-refractivity contribution is 7.89. The Morgan fingerprint density at radius 3 is 2.35 bits per heavy atom. The van der Waals surface area contributed by atoms with Crippen LogP contribution in [0.2, 0.25) is 0 Å². The van der Waals surface area contributed by atoms with Crippen LogP contribution in [-0.2, 0) is 14.8 Å². The number of piperazine rings is 1. The van der Waals surface area contributed by atoms with Gasteiger partial charge >= 0.3 is 0 Å². The van der Waals surface area contributed by atoms with Gasteiger partial charge in [-0.3, -0.25) is 9.69 Å². The van der Waals surface area contributed by atoms with Gasteiger partial charge in [-0.25, -0.2) is 12.8 Å². The van der Waals surface area contributed by atoms with Crippen LogP contribution in [0.4, 0.5) is 4.39 Å². The molecule has 1 heterocycles. The number of carbonyl (C=O) groups excluding carboxylic acids is 1. The van der Waals surface area contributed by atoms with Gasteiger partial charge in [-0.05, 0) is 24.3 Å². The van der Waals surface area contributed by atoms with E-state index in [1.807, 2.05) is 0 Å². The summed E-state index contributed by atoms with van der Waals surface area (Å²) in [4.78, 5) is 13.4. The maximum atomic E-state index is 12.9. The van der Waals surface area contributed by atoms with Crippen molar-refractivity contribution < 1.29 is 17.6 Å². The molecule has 1 saturated heterocycles. The molecule has 0 spiro atoms. The summed E-state index contributed by atoms with van der Waals surface area (Å²) < 4.78 is 39.3. The third-order valence-corrected chi connectivity index (χ3v) is 5.77. The van der Waals surface area contributed by atoms with E-state index >= 15 is 0 Å². The molecule has 2 rings (SSSR count). The van der Waals surface area contributed by atoms with E-state index in [1.165, 1.54) is 16.4 Å². The van der Waals surface area contributed by atoms with Gasteiger partial charge in [0.15, 0.2) is 0 Å². The molecule has 1 fully saturated rings. The first kappa shape index (κ1) is 17.8. The van der Waals surface area contributed by atoms with Crippen molar-refractivity contribution in [3.05, 3.63) is 30.1 Å². The third kappa shape index (κ3) is 4.73. The highest BCUT2D eigenvalue weighted by Crippen LogP contribution is 2.17. The SMILES string of the molecule is CCC(=O)NCCN1CCN(S(=O)(=O)c2ccc(F)cc2)CC1. The molecular formula is C15H22FN3O3S. The minimum atomic E-state index is -3.57. The fourth-order valence-electron chi connectivity index (χ4n) is 2.43. The highest BCUT2D eigenvalue weighted by Gasteiger charge is 2.28. The van der Waals surface area contributed by atoms with Crippen LogP contribution in [0, 0.1) is 5.82 Å². The van der Waals surface area contributed by atoms with Crippen LogP contribution in [0.25, 0.3) is 0 Å². The Balaban J connectivity index is 1.86. The molecule has 0 saturated carbocycles. The van der Waals surface area contributed by atoms with Crippen LogP contribution in [-0.4, -0.2) is 62.8 Å². The van der Waals surface area contributed by atoms with E-state index < -0.39 is 15.8 Å². The molecule has 1 aliphatic rings. The van der Waals surface area contributed by atoms with Gasteiger partial charge in [-0.15, -0.1) is 0 Å². The van der Waals surface area contributed by atoms with Crippen molar-refractivity contribution in [1.82, 2.24) is 14.5 Å². The number of hydrogen-bond donors (Lipinski definition) is 1. The first-order chi connectivity index (χ1) is 10.9. The van der Waals surface area contributed by atoms with Gasteiger partial charge in [0.2, 0.25) is 15.9 Å². The molecule has 8 heteroatoms. The number of sulfonamides is 1. The van der Waals surface area contributed by atoms with Crippen molar-refractivity contribution in [3.8, 4) is 0 Å². The topological polar surface area (TPSA) is 69.7 Å². The molecule has 1 aromatic rings. The molecule has 0 aromatic heterocycles. The van der Waals surface area contributed by atoms with Crippen molar-refractivity contribution in [1.29, 1.82) is 0 Å². The molecule has 0 unspecified atom stereocenters. The molecule has 0 atom stereocenters. The fourth-order valence-corrected chi connectivity index (χ4v) is 3.85. The van der Waals surface area contributed by atoms with Gasteiger partial charge in [0.25, 0.3) is 0 Å². The normalized spacial score (nSPS) is 17.1. The molecule has 1 amide bonds. The van der Waals surface area contributed by atoms with Gasteiger partial charge in [-0.2, -0.15) is 4.31 Å². The van der Waals surface area contributed by atoms with Crippen molar-refractivity contribution in [2.24, 2.45) is 0 Å². The molecule has 6 nitrogen and oxygen atoms in total. The van der Waals surface area contributed by atoms with Gasteiger partial charge < -0.3 is 5.32 Å². The van der Waals surface area contributed by atoms with Crippen molar-refractivity contribution >= 4 is 15.9 Å². The number of amides is 1. The Bertz CT molecular complexity index is 626. The van der Waals surface area contributed by atoms with Crippen molar-refractivity contribution in [2.75, 3.05) is 39.3 Å². The summed E-state index contributed by atoms with van der Waals surface area (Å²) in [5, 5.41) is 2.80. The number of benzene rings is 1. The number of nitrogens with one attached hydrogen (secondary N) is 1. The van der Waals surface area contributed by atoms with Crippen molar-refractivity contribution in [2.45, 2.75) is 18.2 Å². The average Bonchev–Trinajstić information content (AvgIpc) is 2.55. The molecule has 1 aliphatic heterocycles. The predicted octanol–water partition coefficient (Wildman–Crippen LogP) is 0.658. The molecule has 1 N–H and O–H groups in total. The second-order valence-electron chi connectivity index (χ2n) is 5.40. The fraction of sp³-hybridized carbons (Fsp3) is 0.533. The summed E-state index contributed by atoms with van der Waals surface area (Å²) in [7, 11) is -3.57. The van der Waals surface area contributed by atoms with E-state index in [-0.39, 0.29) is 10.8 Å². The summed E-state index contributed by atoms with van der Waals surface area (Å²) in [5.41, 5.74) is 0. The molecule has 128 valence electrons. The van der Waals surface area contributed by atoms with E-state index in [9.17, 15) is 17.6 Å². The first-order valence-electron chi connectivity index (χ1n) is 7.68. The Labute approximate surface area is 136 Å². The second kappa shape index (κ2) is 7.85. The van der Waals surface area contributed by atoms with E-state index in [2.05, 4.69) is 10.2 Å². The zero-order valence-corrected chi connectivity index (χ0v) is 14.0. The third-order valence-electron chi connectivity index (χ3n) is 3.85. The van der Waals surface area contributed by atoms with E-state index in [4.69, 9.17) is 0 Å². The first-order valence-corrected chi connectivity index (χ1v) is 9.12. The minimum absolute atomic E-state index is 0.0162.